The van der Waals surface area contributed by atoms with Crippen molar-refractivity contribution in [2.45, 2.75) is 5.92 Å². The Labute approximate surface area is 201 Å². The number of aliphatic hydroxyl groups is 1. The van der Waals surface area contributed by atoms with Crippen LogP contribution in [0.5, 0.6) is 0 Å². The maximum Gasteiger partial charge on any atom is 0.355 e. The van der Waals surface area contributed by atoms with E-state index >= 15 is 0 Å². The second kappa shape index (κ2) is 11.0. The molecule has 10 heteroatoms. The third-order valence-electron chi connectivity index (χ3n) is 5.40. The molecule has 1 heterocycles. The van der Waals surface area contributed by atoms with Crippen LogP contribution in [0, 0.1) is 11.3 Å². The molecule has 3 rings (SSSR count). The van der Waals surface area contributed by atoms with Crippen molar-refractivity contribution >= 4 is 23.5 Å². The Morgan fingerprint density at radius 2 is 1.69 bits per heavy atom. The van der Waals surface area contributed by atoms with Gasteiger partial charge in [0.2, 0.25) is 0 Å². The predicted octanol–water partition coefficient (Wildman–Crippen LogP) is 1.31. The Kier molecular flexibility index (Phi) is 7.86. The number of nitrogens with zero attached hydrogens (tertiary/aromatic N) is 2. The van der Waals surface area contributed by atoms with Crippen LogP contribution in [-0.4, -0.2) is 50.3 Å². The maximum atomic E-state index is 13.0. The van der Waals surface area contributed by atoms with Gasteiger partial charge in [0.15, 0.2) is 0 Å². The van der Waals surface area contributed by atoms with Gasteiger partial charge in [-0.05, 0) is 29.8 Å². The molecule has 2 aromatic rings. The number of allylic oxidation sites excluding steroid dienone is 1. The summed E-state index contributed by atoms with van der Waals surface area (Å²) in [6.45, 7) is -0.117. The first kappa shape index (κ1) is 25.0. The third-order valence-corrected chi connectivity index (χ3v) is 5.40. The maximum absolute atomic E-state index is 13.0. The smallest absolute Gasteiger partial charge is 0.355 e. The SMILES string of the molecule is COC(=O)C1=C(C(=O)OC)N(c2ccc(C(=O)NCCO)cc2)C(N)=C(C#N)C1c1ccccc1. The minimum atomic E-state index is -0.970. The number of carbonyl (C=O) groups is 3. The average Bonchev–Trinajstić information content (AvgIpc) is 2.90. The third kappa shape index (κ3) is 4.85. The summed E-state index contributed by atoms with van der Waals surface area (Å²) < 4.78 is 9.97. The highest BCUT2D eigenvalue weighted by Gasteiger charge is 2.42. The lowest BCUT2D eigenvalue weighted by atomic mass is 9.81. The Morgan fingerprint density at radius 1 is 1.06 bits per heavy atom. The molecule has 1 aliphatic heterocycles. The van der Waals surface area contributed by atoms with Crippen molar-refractivity contribution in [1.29, 1.82) is 5.26 Å². The molecular formula is C25H24N4O6. The lowest BCUT2D eigenvalue weighted by Gasteiger charge is -2.35. The molecule has 4 N–H and O–H groups in total. The second-order valence-electron chi connectivity index (χ2n) is 7.36. The minimum Gasteiger partial charge on any atom is -0.466 e. The van der Waals surface area contributed by atoms with Gasteiger partial charge in [0, 0.05) is 17.8 Å². The second-order valence-corrected chi connectivity index (χ2v) is 7.36. The van der Waals surface area contributed by atoms with Crippen molar-refractivity contribution in [1.82, 2.24) is 5.32 Å². The van der Waals surface area contributed by atoms with Crippen LogP contribution < -0.4 is 16.0 Å². The lowest BCUT2D eigenvalue weighted by molar-refractivity contribution is -0.139. The van der Waals surface area contributed by atoms with Crippen molar-refractivity contribution < 1.29 is 29.0 Å². The molecule has 0 saturated carbocycles. The van der Waals surface area contributed by atoms with Crippen LogP contribution in [0.25, 0.3) is 0 Å². The molecule has 0 saturated heterocycles. The highest BCUT2D eigenvalue weighted by atomic mass is 16.5. The number of carbonyl (C=O) groups excluding carboxylic acids is 3. The molecule has 0 spiro atoms. The first-order chi connectivity index (χ1) is 16.9. The van der Waals surface area contributed by atoms with Gasteiger partial charge >= 0.3 is 11.9 Å². The zero-order chi connectivity index (χ0) is 25.5. The van der Waals surface area contributed by atoms with Crippen LogP contribution in [0.4, 0.5) is 5.69 Å². The molecule has 0 bridgehead atoms. The number of amides is 1. The number of nitriles is 1. The Bertz CT molecular complexity index is 1230. The molecule has 180 valence electrons. The molecule has 2 aromatic carbocycles. The fraction of sp³-hybridized carbons (Fsp3) is 0.200. The van der Waals surface area contributed by atoms with Crippen LogP contribution in [-0.2, 0) is 19.1 Å². The largest absolute Gasteiger partial charge is 0.466 e. The molecule has 10 nitrogen and oxygen atoms in total. The zero-order valence-electron chi connectivity index (χ0n) is 19.1. The number of nitrogens with one attached hydrogen (secondary N) is 1. The number of methoxy groups -OCH3 is 2. The summed E-state index contributed by atoms with van der Waals surface area (Å²) in [5.74, 6) is -3.15. The lowest BCUT2D eigenvalue weighted by Crippen LogP contribution is -2.40. The summed E-state index contributed by atoms with van der Waals surface area (Å²) in [6, 6.07) is 16.7. The summed E-state index contributed by atoms with van der Waals surface area (Å²) >= 11 is 0. The molecule has 0 fully saturated rings. The van der Waals surface area contributed by atoms with Crippen LogP contribution in [0.2, 0.25) is 0 Å². The molecule has 35 heavy (non-hydrogen) atoms. The predicted molar refractivity (Wildman–Crippen MR) is 125 cm³/mol. The van der Waals surface area contributed by atoms with Gasteiger partial charge < -0.3 is 25.6 Å². The average molecular weight is 476 g/mol. The topological polar surface area (TPSA) is 155 Å². The molecule has 1 atom stereocenters. The van der Waals surface area contributed by atoms with E-state index in [1.807, 2.05) is 0 Å². The summed E-state index contributed by atoms with van der Waals surface area (Å²) in [4.78, 5) is 39.5. The number of esters is 2. The molecule has 0 aliphatic carbocycles. The van der Waals surface area contributed by atoms with E-state index in [9.17, 15) is 19.6 Å². The number of aliphatic hydroxyl groups excluding tert-OH is 1. The molecular weight excluding hydrogens is 452 g/mol. The highest BCUT2D eigenvalue weighted by Crippen LogP contribution is 2.43. The number of hydrogen-bond donors (Lipinski definition) is 3. The fourth-order valence-electron chi connectivity index (χ4n) is 3.81. The number of anilines is 1. The number of rotatable bonds is 7. The molecule has 0 radical (unpaired) electrons. The molecule has 1 amide bonds. The first-order valence-corrected chi connectivity index (χ1v) is 10.5. The highest BCUT2D eigenvalue weighted by molar-refractivity contribution is 6.06. The van der Waals surface area contributed by atoms with Gasteiger partial charge in [-0.15, -0.1) is 0 Å². The van der Waals surface area contributed by atoms with Crippen molar-refractivity contribution in [3.8, 4) is 6.07 Å². The van der Waals surface area contributed by atoms with Crippen molar-refractivity contribution in [2.24, 2.45) is 5.73 Å². The van der Waals surface area contributed by atoms with Gasteiger partial charge in [-0.25, -0.2) is 9.59 Å². The van der Waals surface area contributed by atoms with E-state index in [1.165, 1.54) is 36.3 Å². The van der Waals surface area contributed by atoms with Gasteiger partial charge in [0.05, 0.1) is 44.0 Å². The summed E-state index contributed by atoms with van der Waals surface area (Å²) in [7, 11) is 2.33. The van der Waals surface area contributed by atoms with E-state index in [0.29, 0.717) is 16.8 Å². The summed E-state index contributed by atoms with van der Waals surface area (Å²) in [5.41, 5.74) is 7.31. The van der Waals surface area contributed by atoms with Crippen LogP contribution in [0.3, 0.4) is 0 Å². The van der Waals surface area contributed by atoms with Crippen LogP contribution >= 0.6 is 0 Å². The Morgan fingerprint density at radius 3 is 2.23 bits per heavy atom. The molecule has 0 aromatic heterocycles. The van der Waals surface area contributed by atoms with Gasteiger partial charge in [0.25, 0.3) is 5.91 Å². The van der Waals surface area contributed by atoms with Gasteiger partial charge in [0.1, 0.15) is 11.5 Å². The fourth-order valence-corrected chi connectivity index (χ4v) is 3.81. The van der Waals surface area contributed by atoms with Crippen LogP contribution in [0.15, 0.2) is 77.3 Å². The number of nitrogens with two attached hydrogens (primary N) is 1. The van der Waals surface area contributed by atoms with E-state index in [-0.39, 0.29) is 35.8 Å². The zero-order valence-corrected chi connectivity index (χ0v) is 19.1. The van der Waals surface area contributed by atoms with E-state index in [4.69, 9.17) is 20.3 Å². The summed E-state index contributed by atoms with van der Waals surface area (Å²) in [6.07, 6.45) is 0. The van der Waals surface area contributed by atoms with Gasteiger partial charge in [-0.1, -0.05) is 30.3 Å². The van der Waals surface area contributed by atoms with E-state index in [2.05, 4.69) is 11.4 Å². The number of ether oxygens (including phenoxy) is 2. The van der Waals surface area contributed by atoms with E-state index in [1.54, 1.807) is 30.3 Å². The quantitative estimate of drug-likeness (QED) is 0.502. The van der Waals surface area contributed by atoms with E-state index in [0.717, 1.165) is 7.11 Å². The van der Waals surface area contributed by atoms with Crippen molar-refractivity contribution in [3.05, 3.63) is 88.4 Å². The monoisotopic (exact) mass is 476 g/mol. The molecule has 1 aliphatic rings. The summed E-state index contributed by atoms with van der Waals surface area (Å²) in [5, 5.41) is 21.5. The number of hydrogen-bond acceptors (Lipinski definition) is 9. The van der Waals surface area contributed by atoms with Crippen molar-refractivity contribution in [3.63, 3.8) is 0 Å². The minimum absolute atomic E-state index is 0.0361. The number of benzene rings is 2. The Hall–Kier alpha value is -4.62. The molecule has 1 unspecified atom stereocenters. The van der Waals surface area contributed by atoms with Crippen LogP contribution in [0.1, 0.15) is 21.8 Å². The van der Waals surface area contributed by atoms with E-state index < -0.39 is 23.8 Å². The normalized spacial score (nSPS) is 15.4. The van der Waals surface area contributed by atoms with Gasteiger partial charge in [-0.3, -0.25) is 9.69 Å². The Balaban J connectivity index is 2.24. The first-order valence-electron chi connectivity index (χ1n) is 10.5. The van der Waals surface area contributed by atoms with Gasteiger partial charge in [-0.2, -0.15) is 5.26 Å². The standard InChI is InChI=1S/C25H24N4O6/c1-34-24(32)20-19(15-6-4-3-5-7-15)18(14-26)22(27)29(21(20)25(33)35-2)17-10-8-16(9-11-17)23(31)28-12-13-30/h3-11,19,30H,12-13,27H2,1-2H3,(H,28,31). The van der Waals surface area contributed by atoms with Crippen molar-refractivity contribution in [2.75, 3.05) is 32.3 Å².